The van der Waals surface area contributed by atoms with Gasteiger partial charge in [0.1, 0.15) is 22.9 Å². The van der Waals surface area contributed by atoms with Crippen molar-refractivity contribution in [2.45, 2.75) is 45.1 Å². The average Bonchev–Trinajstić information content (AvgIpc) is 3.07. The van der Waals surface area contributed by atoms with E-state index in [1.54, 1.807) is 30.3 Å². The molecule has 2 rings (SSSR count). The summed E-state index contributed by atoms with van der Waals surface area (Å²) in [6, 6.07) is 9.92. The number of amides is 1. The smallest absolute Gasteiger partial charge is 0.221 e. The van der Waals surface area contributed by atoms with Gasteiger partial charge in [0, 0.05) is 12.8 Å². The fourth-order valence-corrected chi connectivity index (χ4v) is 2.55. The Balaban J connectivity index is 1.98. The molecule has 0 aliphatic carbocycles. The fraction of sp³-hybridized carbons (Fsp3) is 0.350. The number of benzene rings is 1. The second kappa shape index (κ2) is 7.83. The Labute approximate surface area is 142 Å². The quantitative estimate of drug-likeness (QED) is 0.769. The molecule has 0 bridgehead atoms. The summed E-state index contributed by atoms with van der Waals surface area (Å²) >= 11 is 0. The maximum atomic E-state index is 13.8. The summed E-state index contributed by atoms with van der Waals surface area (Å²) < 4.78 is 19.4. The molecular weight excluding hydrogens is 305 g/mol. The van der Waals surface area contributed by atoms with E-state index in [-0.39, 0.29) is 18.1 Å². The van der Waals surface area contributed by atoms with Gasteiger partial charge in [0.25, 0.3) is 0 Å². The van der Waals surface area contributed by atoms with Crippen LogP contribution in [0.5, 0.6) is 0 Å². The first-order valence-corrected chi connectivity index (χ1v) is 8.16. The summed E-state index contributed by atoms with van der Waals surface area (Å²) in [5.74, 6) is 3.34. The van der Waals surface area contributed by atoms with Crippen molar-refractivity contribution in [2.24, 2.45) is 0 Å². The van der Waals surface area contributed by atoms with Crippen LogP contribution in [0, 0.1) is 18.2 Å². The van der Waals surface area contributed by atoms with E-state index < -0.39 is 5.54 Å². The maximum absolute atomic E-state index is 13.8. The number of hydrogen-bond donors (Lipinski definition) is 1. The highest BCUT2D eigenvalue weighted by Gasteiger charge is 2.25. The molecule has 1 N–H and O–H groups in total. The first kappa shape index (κ1) is 17.8. The first-order chi connectivity index (χ1) is 11.5. The Bertz CT molecular complexity index is 738. The van der Waals surface area contributed by atoms with Crippen LogP contribution < -0.4 is 5.32 Å². The predicted octanol–water partition coefficient (Wildman–Crippen LogP) is 4.33. The molecular formula is C20H22FNO2. The lowest BCUT2D eigenvalue weighted by atomic mass is 9.93. The highest BCUT2D eigenvalue weighted by atomic mass is 19.1. The Morgan fingerprint density at radius 2 is 1.96 bits per heavy atom. The molecule has 2 aromatic rings. The molecule has 0 spiro atoms. The number of terminal acetylenes is 1. The average molecular weight is 327 g/mol. The van der Waals surface area contributed by atoms with E-state index >= 15 is 0 Å². The lowest BCUT2D eigenvalue weighted by Crippen LogP contribution is -2.46. The Morgan fingerprint density at radius 3 is 2.58 bits per heavy atom. The van der Waals surface area contributed by atoms with Gasteiger partial charge < -0.3 is 9.73 Å². The van der Waals surface area contributed by atoms with Crippen LogP contribution in [0.1, 0.15) is 38.9 Å². The van der Waals surface area contributed by atoms with E-state index in [1.165, 1.54) is 6.07 Å². The minimum Gasteiger partial charge on any atom is -0.461 e. The summed E-state index contributed by atoms with van der Waals surface area (Å²) in [7, 11) is 0. The van der Waals surface area contributed by atoms with Gasteiger partial charge in [0.15, 0.2) is 0 Å². The Kier molecular flexibility index (Phi) is 5.81. The third kappa shape index (κ3) is 4.05. The highest BCUT2D eigenvalue weighted by molar-refractivity contribution is 5.77. The Morgan fingerprint density at radius 1 is 1.25 bits per heavy atom. The van der Waals surface area contributed by atoms with Crippen molar-refractivity contribution in [1.29, 1.82) is 0 Å². The van der Waals surface area contributed by atoms with Crippen molar-refractivity contribution in [1.82, 2.24) is 5.32 Å². The molecule has 0 aliphatic rings. The minimum atomic E-state index is -0.585. The van der Waals surface area contributed by atoms with E-state index in [4.69, 9.17) is 10.8 Å². The van der Waals surface area contributed by atoms with E-state index in [0.29, 0.717) is 36.3 Å². The highest BCUT2D eigenvalue weighted by Crippen LogP contribution is 2.25. The normalized spacial score (nSPS) is 11.1. The Hall–Kier alpha value is -2.54. The molecule has 3 nitrogen and oxygen atoms in total. The predicted molar refractivity (Wildman–Crippen MR) is 92.7 cm³/mol. The molecule has 0 atom stereocenters. The molecule has 4 heteroatoms. The van der Waals surface area contributed by atoms with Gasteiger partial charge in [0.2, 0.25) is 5.91 Å². The molecule has 1 aromatic carbocycles. The lowest BCUT2D eigenvalue weighted by Gasteiger charge is -2.26. The van der Waals surface area contributed by atoms with Crippen molar-refractivity contribution >= 4 is 5.91 Å². The van der Waals surface area contributed by atoms with Gasteiger partial charge >= 0.3 is 0 Å². The zero-order valence-corrected chi connectivity index (χ0v) is 14.1. The standard InChI is InChI=1S/C20H22FNO2/c1-4-20(5-2,6-3)22-19(23)14-12-15-11-13-18(24-15)16-9-7-8-10-17(16)21/h1,7-11,13H,5-6,12,14H2,2-3H3,(H,22,23). The van der Waals surface area contributed by atoms with Crippen LogP contribution >= 0.6 is 0 Å². The summed E-state index contributed by atoms with van der Waals surface area (Å²) in [5.41, 5.74) is -0.171. The number of hydrogen-bond acceptors (Lipinski definition) is 2. The minimum absolute atomic E-state index is 0.111. The number of carbonyl (C=O) groups is 1. The van der Waals surface area contributed by atoms with Crippen molar-refractivity contribution in [3.63, 3.8) is 0 Å². The van der Waals surface area contributed by atoms with Crippen LogP contribution in [0.15, 0.2) is 40.8 Å². The monoisotopic (exact) mass is 327 g/mol. The molecule has 0 saturated carbocycles. The van der Waals surface area contributed by atoms with Crippen molar-refractivity contribution in [3.8, 4) is 23.7 Å². The van der Waals surface area contributed by atoms with Crippen LogP contribution in [0.25, 0.3) is 11.3 Å². The third-order valence-electron chi connectivity index (χ3n) is 4.26. The van der Waals surface area contributed by atoms with Crippen molar-refractivity contribution in [3.05, 3.63) is 48.0 Å². The topological polar surface area (TPSA) is 42.2 Å². The van der Waals surface area contributed by atoms with Gasteiger partial charge in [-0.3, -0.25) is 4.79 Å². The molecule has 1 heterocycles. The van der Waals surface area contributed by atoms with Crippen LogP contribution in [0.3, 0.4) is 0 Å². The molecule has 24 heavy (non-hydrogen) atoms. The summed E-state index contributed by atoms with van der Waals surface area (Å²) in [6.45, 7) is 3.91. The van der Waals surface area contributed by atoms with E-state index in [0.717, 1.165) is 0 Å². The van der Waals surface area contributed by atoms with Gasteiger partial charge in [0.05, 0.1) is 5.56 Å². The molecule has 0 saturated heterocycles. The number of halogens is 1. The maximum Gasteiger partial charge on any atom is 0.221 e. The number of nitrogens with one attached hydrogen (secondary N) is 1. The van der Waals surface area contributed by atoms with E-state index in [9.17, 15) is 9.18 Å². The van der Waals surface area contributed by atoms with E-state index in [2.05, 4.69) is 11.2 Å². The van der Waals surface area contributed by atoms with Crippen LogP contribution in [0.4, 0.5) is 4.39 Å². The molecule has 0 unspecified atom stereocenters. The second-order valence-corrected chi connectivity index (χ2v) is 5.73. The van der Waals surface area contributed by atoms with Crippen LogP contribution in [-0.4, -0.2) is 11.4 Å². The zero-order chi connectivity index (χ0) is 17.6. The molecule has 0 aliphatic heterocycles. The van der Waals surface area contributed by atoms with Gasteiger partial charge in [-0.25, -0.2) is 4.39 Å². The number of rotatable bonds is 7. The van der Waals surface area contributed by atoms with Gasteiger partial charge in [-0.05, 0) is 37.1 Å². The van der Waals surface area contributed by atoms with Crippen molar-refractivity contribution in [2.75, 3.05) is 0 Å². The largest absolute Gasteiger partial charge is 0.461 e. The van der Waals surface area contributed by atoms with Crippen LogP contribution in [0.2, 0.25) is 0 Å². The number of furan rings is 1. The van der Waals surface area contributed by atoms with Crippen LogP contribution in [-0.2, 0) is 11.2 Å². The van der Waals surface area contributed by atoms with Crippen molar-refractivity contribution < 1.29 is 13.6 Å². The summed E-state index contributed by atoms with van der Waals surface area (Å²) in [4.78, 5) is 12.1. The summed E-state index contributed by atoms with van der Waals surface area (Å²) in [6.07, 6.45) is 7.63. The molecule has 0 fully saturated rings. The third-order valence-corrected chi connectivity index (χ3v) is 4.26. The first-order valence-electron chi connectivity index (χ1n) is 8.16. The summed E-state index contributed by atoms with van der Waals surface area (Å²) in [5, 5.41) is 2.92. The lowest BCUT2D eigenvalue weighted by molar-refractivity contribution is -0.122. The molecule has 126 valence electrons. The van der Waals surface area contributed by atoms with Gasteiger partial charge in [-0.2, -0.15) is 0 Å². The second-order valence-electron chi connectivity index (χ2n) is 5.73. The van der Waals surface area contributed by atoms with Gasteiger partial charge in [-0.15, -0.1) is 6.42 Å². The number of aryl methyl sites for hydroxylation is 1. The molecule has 1 amide bonds. The fourth-order valence-electron chi connectivity index (χ4n) is 2.55. The SMILES string of the molecule is C#CC(CC)(CC)NC(=O)CCc1ccc(-c2ccccc2F)o1. The zero-order valence-electron chi connectivity index (χ0n) is 14.1. The number of carbonyl (C=O) groups excluding carboxylic acids is 1. The van der Waals surface area contributed by atoms with Gasteiger partial charge in [-0.1, -0.05) is 31.9 Å². The van der Waals surface area contributed by atoms with E-state index in [1.807, 2.05) is 13.8 Å². The molecule has 1 aromatic heterocycles. The molecule has 0 radical (unpaired) electrons.